The molecule has 4 rings (SSSR count). The maximum Gasteiger partial charge on any atom is 0.124 e. The minimum absolute atomic E-state index is 0. The van der Waals surface area contributed by atoms with Crippen LogP contribution in [0.4, 0.5) is 0 Å². The summed E-state index contributed by atoms with van der Waals surface area (Å²) < 4.78 is 6.22. The third-order valence-electron chi connectivity index (χ3n) is 5.28. The van der Waals surface area contributed by atoms with E-state index in [2.05, 4.69) is 66.8 Å². The Kier molecular flexibility index (Phi) is 8.22. The normalized spacial score (nSPS) is 11.7. The van der Waals surface area contributed by atoms with Crippen LogP contribution in [0.15, 0.2) is 84.9 Å². The molecule has 0 heterocycles. The summed E-state index contributed by atoms with van der Waals surface area (Å²) in [5, 5.41) is 7.25. The van der Waals surface area contributed by atoms with Crippen LogP contribution in [0.5, 0.6) is 5.75 Å². The van der Waals surface area contributed by atoms with E-state index < -0.39 is 0 Å². The standard InChI is InChI=1S/C26H23Cl2NO.ClH/c1-18(19-7-3-2-4-8-19)29-16-24-23-10-6-5-9-20(23)12-14-26(24)30-17-21-11-13-22(27)15-25(21)28;/h2-15,18,29H,16-17H2,1H3;1H. The molecule has 0 radical (unpaired) electrons. The first-order valence-corrected chi connectivity index (χ1v) is 10.7. The second-order valence-electron chi connectivity index (χ2n) is 7.30. The van der Waals surface area contributed by atoms with Gasteiger partial charge in [-0.05, 0) is 41.5 Å². The summed E-state index contributed by atoms with van der Waals surface area (Å²) in [7, 11) is 0. The molecule has 0 aliphatic heterocycles. The quantitative estimate of drug-likeness (QED) is 0.294. The Morgan fingerprint density at radius 2 is 1.61 bits per heavy atom. The molecule has 1 N–H and O–H groups in total. The van der Waals surface area contributed by atoms with Crippen molar-refractivity contribution in [2.24, 2.45) is 0 Å². The van der Waals surface area contributed by atoms with Crippen LogP contribution in [0.2, 0.25) is 10.0 Å². The highest BCUT2D eigenvalue weighted by Gasteiger charge is 2.12. The van der Waals surface area contributed by atoms with E-state index >= 15 is 0 Å². The lowest BCUT2D eigenvalue weighted by molar-refractivity contribution is 0.302. The lowest BCUT2D eigenvalue weighted by atomic mass is 10.0. The molecule has 0 saturated carbocycles. The fraction of sp³-hybridized carbons (Fsp3) is 0.154. The third-order valence-corrected chi connectivity index (χ3v) is 5.87. The molecule has 0 amide bonds. The van der Waals surface area contributed by atoms with Crippen LogP contribution < -0.4 is 10.1 Å². The van der Waals surface area contributed by atoms with Gasteiger partial charge in [0.2, 0.25) is 0 Å². The van der Waals surface area contributed by atoms with Gasteiger partial charge in [-0.15, -0.1) is 12.4 Å². The average Bonchev–Trinajstić information content (AvgIpc) is 2.77. The zero-order valence-corrected chi connectivity index (χ0v) is 19.5. The van der Waals surface area contributed by atoms with Crippen LogP contribution in [0.1, 0.15) is 29.7 Å². The molecule has 1 atom stereocenters. The Bertz CT molecular complexity index is 1150. The zero-order chi connectivity index (χ0) is 20.9. The molecule has 0 aromatic heterocycles. The molecular weight excluding hydrogens is 449 g/mol. The molecule has 31 heavy (non-hydrogen) atoms. The summed E-state index contributed by atoms with van der Waals surface area (Å²) in [4.78, 5) is 0. The fourth-order valence-corrected chi connectivity index (χ4v) is 4.01. The Labute approximate surface area is 199 Å². The van der Waals surface area contributed by atoms with Gasteiger partial charge in [0.15, 0.2) is 0 Å². The molecule has 4 aromatic rings. The second-order valence-corrected chi connectivity index (χ2v) is 8.14. The van der Waals surface area contributed by atoms with Crippen molar-refractivity contribution >= 4 is 46.4 Å². The summed E-state index contributed by atoms with van der Waals surface area (Å²) in [5.74, 6) is 0.854. The van der Waals surface area contributed by atoms with Crippen LogP contribution in [0.25, 0.3) is 10.8 Å². The molecule has 2 nitrogen and oxygen atoms in total. The Balaban J connectivity index is 0.00000272. The number of fused-ring (bicyclic) bond motifs is 1. The fourth-order valence-electron chi connectivity index (χ4n) is 3.54. The highest BCUT2D eigenvalue weighted by molar-refractivity contribution is 6.35. The molecule has 5 heteroatoms. The maximum atomic E-state index is 6.32. The number of ether oxygens (including phenoxy) is 1. The van der Waals surface area contributed by atoms with Crippen LogP contribution >= 0.6 is 35.6 Å². The van der Waals surface area contributed by atoms with Gasteiger partial charge in [0.1, 0.15) is 12.4 Å². The van der Waals surface area contributed by atoms with Crippen molar-refractivity contribution in [1.29, 1.82) is 0 Å². The van der Waals surface area contributed by atoms with Gasteiger partial charge < -0.3 is 10.1 Å². The Morgan fingerprint density at radius 1 is 0.871 bits per heavy atom. The molecule has 0 bridgehead atoms. The van der Waals surface area contributed by atoms with E-state index in [1.165, 1.54) is 16.3 Å². The van der Waals surface area contributed by atoms with E-state index in [9.17, 15) is 0 Å². The van der Waals surface area contributed by atoms with E-state index in [0.717, 1.165) is 16.9 Å². The monoisotopic (exact) mass is 471 g/mol. The van der Waals surface area contributed by atoms with E-state index in [1.807, 2.05) is 24.3 Å². The van der Waals surface area contributed by atoms with Gasteiger partial charge in [-0.2, -0.15) is 0 Å². The highest BCUT2D eigenvalue weighted by atomic mass is 35.5. The van der Waals surface area contributed by atoms with Crippen LogP contribution in [-0.2, 0) is 13.2 Å². The molecular formula is C26H24Cl3NO. The molecule has 0 aliphatic carbocycles. The maximum absolute atomic E-state index is 6.32. The van der Waals surface area contributed by atoms with Crippen molar-refractivity contribution in [3.8, 4) is 5.75 Å². The molecule has 4 aromatic carbocycles. The average molecular weight is 473 g/mol. The SMILES string of the molecule is CC(NCc1c(OCc2ccc(Cl)cc2Cl)ccc2ccccc12)c1ccccc1.Cl. The van der Waals surface area contributed by atoms with Crippen LogP contribution in [0.3, 0.4) is 0 Å². The molecule has 0 spiro atoms. The summed E-state index contributed by atoms with van der Waals surface area (Å²) in [5.41, 5.74) is 3.31. The van der Waals surface area contributed by atoms with E-state index in [1.54, 1.807) is 6.07 Å². The smallest absolute Gasteiger partial charge is 0.124 e. The first-order chi connectivity index (χ1) is 14.6. The predicted octanol–water partition coefficient (Wildman–Crippen LogP) is 8.00. The van der Waals surface area contributed by atoms with Crippen molar-refractivity contribution in [2.75, 3.05) is 0 Å². The second kappa shape index (κ2) is 10.9. The molecule has 0 aliphatic rings. The number of hydrogen-bond acceptors (Lipinski definition) is 2. The van der Waals surface area contributed by atoms with Gasteiger partial charge in [0, 0.05) is 33.8 Å². The Hall–Kier alpha value is -2.23. The summed E-state index contributed by atoms with van der Waals surface area (Å²) in [6, 6.07) is 28.7. The van der Waals surface area contributed by atoms with Crippen LogP contribution in [0, 0.1) is 0 Å². The van der Waals surface area contributed by atoms with Gasteiger partial charge in [0.25, 0.3) is 0 Å². The number of halogens is 3. The van der Waals surface area contributed by atoms with E-state index in [4.69, 9.17) is 27.9 Å². The number of benzene rings is 4. The lowest BCUT2D eigenvalue weighted by Crippen LogP contribution is -2.18. The van der Waals surface area contributed by atoms with Crippen molar-refractivity contribution in [2.45, 2.75) is 26.1 Å². The Morgan fingerprint density at radius 3 is 2.39 bits per heavy atom. The first-order valence-electron chi connectivity index (χ1n) is 9.97. The molecule has 160 valence electrons. The van der Waals surface area contributed by atoms with E-state index in [0.29, 0.717) is 23.2 Å². The first kappa shape index (κ1) is 23.4. The van der Waals surface area contributed by atoms with Crippen LogP contribution in [-0.4, -0.2) is 0 Å². The van der Waals surface area contributed by atoms with Crippen molar-refractivity contribution < 1.29 is 4.74 Å². The van der Waals surface area contributed by atoms with Crippen molar-refractivity contribution in [3.05, 3.63) is 112 Å². The van der Waals surface area contributed by atoms with Gasteiger partial charge in [-0.25, -0.2) is 0 Å². The highest BCUT2D eigenvalue weighted by Crippen LogP contribution is 2.30. The van der Waals surface area contributed by atoms with Crippen molar-refractivity contribution in [3.63, 3.8) is 0 Å². The van der Waals surface area contributed by atoms with E-state index in [-0.39, 0.29) is 18.4 Å². The topological polar surface area (TPSA) is 21.3 Å². The predicted molar refractivity (Wildman–Crippen MR) is 134 cm³/mol. The van der Waals surface area contributed by atoms with Gasteiger partial charge in [-0.3, -0.25) is 0 Å². The van der Waals surface area contributed by atoms with Gasteiger partial charge >= 0.3 is 0 Å². The minimum Gasteiger partial charge on any atom is -0.488 e. The summed E-state index contributed by atoms with van der Waals surface area (Å²) >= 11 is 12.3. The zero-order valence-electron chi connectivity index (χ0n) is 17.1. The largest absolute Gasteiger partial charge is 0.488 e. The minimum atomic E-state index is 0. The number of nitrogens with one attached hydrogen (secondary N) is 1. The van der Waals surface area contributed by atoms with Gasteiger partial charge in [0.05, 0.1) is 0 Å². The molecule has 0 saturated heterocycles. The summed E-state index contributed by atoms with van der Waals surface area (Å²) in [6.07, 6.45) is 0. The summed E-state index contributed by atoms with van der Waals surface area (Å²) in [6.45, 7) is 3.26. The number of hydrogen-bond donors (Lipinski definition) is 1. The van der Waals surface area contributed by atoms with Crippen molar-refractivity contribution in [1.82, 2.24) is 5.32 Å². The molecule has 0 fully saturated rings. The molecule has 1 unspecified atom stereocenters. The lowest BCUT2D eigenvalue weighted by Gasteiger charge is -2.19. The number of rotatable bonds is 7. The van der Waals surface area contributed by atoms with Gasteiger partial charge in [-0.1, -0.05) is 89.9 Å². The third kappa shape index (κ3) is 5.72.